The summed E-state index contributed by atoms with van der Waals surface area (Å²) in [6.07, 6.45) is 7.32. The van der Waals surface area contributed by atoms with Gasteiger partial charge in [-0.1, -0.05) is 358 Å². The smallest absolute Gasteiger partial charge is 0.235 e. The summed E-state index contributed by atoms with van der Waals surface area (Å²) in [4.78, 5) is 53.9. The molecular formula is C123H77N15. The van der Waals surface area contributed by atoms with E-state index in [-0.39, 0.29) is 62.2 Å². The summed E-state index contributed by atoms with van der Waals surface area (Å²) in [5, 5.41) is 14.6. The average Bonchev–Trinajstić information content (AvgIpc) is 0.933. The lowest BCUT2D eigenvalue weighted by Gasteiger charge is -2.13. The maximum Gasteiger partial charge on any atom is 0.235 e. The number of aromatic nitrogens is 15. The van der Waals surface area contributed by atoms with Gasteiger partial charge in [-0.05, 0) is 107 Å². The van der Waals surface area contributed by atoms with Gasteiger partial charge in [0, 0.05) is 133 Å². The van der Waals surface area contributed by atoms with Crippen molar-refractivity contribution in [3.63, 3.8) is 0 Å². The summed E-state index contributed by atoms with van der Waals surface area (Å²) >= 11 is 0. The number of hydrogen-bond acceptors (Lipinski definition) is 11. The lowest BCUT2D eigenvalue weighted by Crippen LogP contribution is -2.04. The van der Waals surface area contributed by atoms with Gasteiger partial charge in [0.25, 0.3) is 0 Å². The summed E-state index contributed by atoms with van der Waals surface area (Å²) in [7, 11) is 0. The largest absolute Gasteiger partial charge is 0.278 e. The van der Waals surface area contributed by atoms with Crippen molar-refractivity contribution in [1.29, 1.82) is 0 Å². The van der Waals surface area contributed by atoms with Crippen LogP contribution in [0, 0.1) is 0 Å². The quantitative estimate of drug-likeness (QED) is 0.126. The second-order valence-electron chi connectivity index (χ2n) is 33.1. The third-order valence-corrected chi connectivity index (χ3v) is 25.4. The van der Waals surface area contributed by atoms with Crippen molar-refractivity contribution in [2.75, 3.05) is 0 Å². The fourth-order valence-electron chi connectivity index (χ4n) is 19.2. The Bertz CT molecular complexity index is 10700. The summed E-state index contributed by atoms with van der Waals surface area (Å²) in [5.41, 5.74) is 17.3. The lowest BCUT2D eigenvalue weighted by molar-refractivity contribution is 1.01. The molecule has 0 aliphatic carbocycles. The predicted octanol–water partition coefficient (Wildman–Crippen LogP) is 30.0. The van der Waals surface area contributed by atoms with Crippen LogP contribution in [0.5, 0.6) is 0 Å². The van der Waals surface area contributed by atoms with E-state index in [0.29, 0.717) is 45.3 Å². The number of para-hydroxylation sites is 9. The van der Waals surface area contributed by atoms with Crippen LogP contribution in [0.4, 0.5) is 0 Å². The topological polar surface area (TPSA) is 162 Å². The summed E-state index contributed by atoms with van der Waals surface area (Å²) in [6.45, 7) is 0. The highest BCUT2D eigenvalue weighted by Crippen LogP contribution is 2.43. The fraction of sp³-hybridized carbons (Fsp3) is 0. The van der Waals surface area contributed by atoms with Crippen LogP contribution in [-0.4, -0.2) is 73.1 Å². The molecule has 0 unspecified atom stereocenters. The van der Waals surface area contributed by atoms with Crippen molar-refractivity contribution in [3.05, 3.63) is 467 Å². The first-order valence-electron chi connectivity index (χ1n) is 52.8. The third kappa shape index (κ3) is 13.7. The van der Waals surface area contributed by atoms with Gasteiger partial charge in [0.05, 0.1) is 116 Å². The van der Waals surface area contributed by atoms with E-state index in [1.165, 1.54) is 32.7 Å². The molecule has 0 bridgehead atoms. The lowest BCUT2D eigenvalue weighted by atomic mass is 10.00. The van der Waals surface area contributed by atoms with E-state index in [4.69, 9.17) is 66.8 Å². The number of pyridine rings is 3. The Hall–Kier alpha value is -19.0. The molecule has 0 N–H and O–H groups in total. The van der Waals surface area contributed by atoms with Gasteiger partial charge in [0.15, 0.2) is 0 Å². The third-order valence-electron chi connectivity index (χ3n) is 25.4. The molecule has 29 rings (SSSR count). The van der Waals surface area contributed by atoms with Crippen molar-refractivity contribution < 1.29 is 21.9 Å². The van der Waals surface area contributed by atoms with Crippen LogP contribution < -0.4 is 0 Å². The molecule has 0 aliphatic heterocycles. The maximum absolute atomic E-state index is 8.97. The van der Waals surface area contributed by atoms with Crippen LogP contribution in [0.15, 0.2) is 467 Å². The average molecular weight is 1780 g/mol. The Morgan fingerprint density at radius 3 is 1.01 bits per heavy atom. The van der Waals surface area contributed by atoms with E-state index in [2.05, 4.69) is 195 Å². The first-order valence-corrected chi connectivity index (χ1v) is 44.8. The van der Waals surface area contributed by atoms with Crippen molar-refractivity contribution in [3.8, 4) is 79.9 Å². The van der Waals surface area contributed by atoms with E-state index < -0.39 is 84.6 Å². The molecule has 11 heterocycles. The van der Waals surface area contributed by atoms with Crippen LogP contribution in [0.2, 0.25) is 0 Å². The number of nitrogens with zero attached hydrogens (tertiary/aromatic N) is 15. The fourth-order valence-corrected chi connectivity index (χ4v) is 19.2. The van der Waals surface area contributed by atoms with Crippen molar-refractivity contribution in [1.82, 2.24) is 73.1 Å². The van der Waals surface area contributed by atoms with Crippen LogP contribution in [-0.2, 0) is 0 Å². The Kier molecular flexibility index (Phi) is 15.8. The van der Waals surface area contributed by atoms with Gasteiger partial charge in [-0.25, -0.2) is 39.9 Å². The molecular weight excluding hydrogens is 1690 g/mol. The minimum Gasteiger partial charge on any atom is -0.278 e. The molecule has 18 aromatic carbocycles. The van der Waals surface area contributed by atoms with Crippen LogP contribution in [0.1, 0.15) is 21.9 Å². The van der Waals surface area contributed by atoms with Crippen molar-refractivity contribution in [2.45, 2.75) is 0 Å². The first kappa shape index (κ1) is 64.7. The number of benzene rings is 18. The van der Waals surface area contributed by atoms with Gasteiger partial charge in [0.2, 0.25) is 23.8 Å². The Morgan fingerprint density at radius 2 is 0.529 bits per heavy atom. The molecule has 0 spiro atoms. The Labute approximate surface area is 812 Å². The minimum absolute atomic E-state index is 0.0115. The molecule has 138 heavy (non-hydrogen) atoms. The predicted molar refractivity (Wildman–Crippen MR) is 566 cm³/mol. The van der Waals surface area contributed by atoms with Gasteiger partial charge in [-0.15, -0.1) is 0 Å². The maximum atomic E-state index is 8.97. The van der Waals surface area contributed by atoms with E-state index in [0.717, 1.165) is 126 Å². The molecule has 0 atom stereocenters. The second-order valence-corrected chi connectivity index (χ2v) is 33.1. The summed E-state index contributed by atoms with van der Waals surface area (Å²) in [6, 6.07) is 108. The molecule has 0 saturated carbocycles. The van der Waals surface area contributed by atoms with Crippen molar-refractivity contribution >= 4 is 174 Å². The van der Waals surface area contributed by atoms with E-state index in [9.17, 15) is 0 Å². The molecule has 644 valence electrons. The second kappa shape index (κ2) is 33.7. The molecule has 15 nitrogen and oxygen atoms in total. The highest BCUT2D eigenvalue weighted by atomic mass is 15.2. The van der Waals surface area contributed by atoms with Gasteiger partial charge in [-0.2, -0.15) is 0 Å². The monoisotopic (exact) mass is 1780 g/mol. The molecule has 15 heteroatoms. The molecule has 0 aliphatic rings. The molecule has 0 amide bonds. The van der Waals surface area contributed by atoms with Gasteiger partial charge < -0.3 is 0 Å². The number of fused-ring (bicyclic) bond motifs is 24. The zero-order chi connectivity index (χ0) is 105. The zero-order valence-corrected chi connectivity index (χ0v) is 72.9. The van der Waals surface area contributed by atoms with Crippen molar-refractivity contribution in [2.24, 2.45) is 0 Å². The Balaban J connectivity index is 0.000000103. The molecule has 0 saturated heterocycles. The SMILES string of the molecule is [2H]c1c([2H])c([2H])c(-c2nc(-n3c4ccccc4c4ccccc43)nc3c2c([2H])c([2H])c2c([2H])c([2H])c([2H])c([2H])c23)c([2H])c1[2H].[2H]c1c([2H])c([2H])c(-c2nc(-n3c4ccccc4c4ccccc43)nc3c2ccc2cccnc23)c([2H])c1[2H].c1ccc(-c2ccc(-c3nc(-n4c5ccccc5c5ccccc54)nc4c3ccc3ccncc34)cc2)cc1.c1ccc(-c2nc(-n3c4ccccc4c4ccccc43)nc3c2cnc2ccccc23)cc1. The van der Waals surface area contributed by atoms with Crippen LogP contribution >= 0.6 is 0 Å². The molecule has 29 aromatic rings. The molecule has 11 aromatic heterocycles. The highest BCUT2D eigenvalue weighted by Gasteiger charge is 2.25. The van der Waals surface area contributed by atoms with Gasteiger partial charge >= 0.3 is 0 Å². The van der Waals surface area contributed by atoms with E-state index in [1.54, 1.807) is 10.8 Å². The van der Waals surface area contributed by atoms with E-state index >= 15 is 0 Å². The zero-order valence-electron chi connectivity index (χ0n) is 88.9. The first-order chi connectivity index (χ1) is 75.1. The highest BCUT2D eigenvalue weighted by molar-refractivity contribution is 6.17. The van der Waals surface area contributed by atoms with Crippen LogP contribution in [0.3, 0.4) is 0 Å². The minimum atomic E-state index is -0.619. The van der Waals surface area contributed by atoms with Gasteiger partial charge in [-0.3, -0.25) is 33.2 Å². The summed E-state index contributed by atoms with van der Waals surface area (Å²) < 4.78 is 144. The summed E-state index contributed by atoms with van der Waals surface area (Å²) in [5.74, 6) is 1.63. The van der Waals surface area contributed by atoms with Crippen LogP contribution in [0.25, 0.3) is 254 Å². The van der Waals surface area contributed by atoms with Gasteiger partial charge in [0.1, 0.15) is 5.52 Å². The normalized spacial score (nSPS) is 13.2. The molecule has 0 fully saturated rings. The Morgan fingerprint density at radius 1 is 0.174 bits per heavy atom. The van der Waals surface area contributed by atoms with E-state index in [1.807, 2.05) is 193 Å². The molecule has 0 radical (unpaired) electrons. The number of hydrogen-bond donors (Lipinski definition) is 0. The standard InChI is InChI=1S/C35H22N4.C30H19N3.2C29H18N4/c1-2-8-23(9-3-1)24-14-16-26(17-15-24)33-29-19-18-25-20-21-36-22-30(25)34(29)38-35(37-33)39-31-12-6-4-10-27(31)28-11-5-7-13-32(28)39;1-2-11-21(12-3-1)28-25-19-18-20-10-4-5-13-22(20)29(25)32-30(31-28)33-26-16-8-6-14-23(26)24-15-7-9-17-27(24)33;1-2-10-19(11-3-1)27-23-18-30-24-15-7-4-14-22(24)28(23)32-29(31-27)33-25-16-8-5-12-20(25)21-13-6-9-17-26(21)33;1-2-9-19(10-3-1)26-23-17-16-20-11-8-18-30-27(20)28(23)32-29(31-26)33-24-14-6-4-12-21(24)22-13-5-7-15-25(22)33/h1-22H;1-19H;2*1-18H/i;1D,2D,3D,4D,5D,10D,11D,12D,13D,18D,19D;;1D,2D,3D,9D,10D. The number of rotatable bonds is 9.